The Morgan fingerprint density at radius 3 is 2.54 bits per heavy atom. The monoisotopic (exact) mass is 358 g/mol. The van der Waals surface area contributed by atoms with Crippen LogP contribution in [0.2, 0.25) is 0 Å². The van der Waals surface area contributed by atoms with E-state index in [2.05, 4.69) is 33.0 Å². The molecule has 1 aliphatic heterocycles. The van der Waals surface area contributed by atoms with Crippen LogP contribution in [0, 0.1) is 16.7 Å². The summed E-state index contributed by atoms with van der Waals surface area (Å²) in [6.07, 6.45) is 5.86. The fourth-order valence-corrected chi connectivity index (χ4v) is 4.39. The van der Waals surface area contributed by atoms with E-state index in [1.165, 1.54) is 0 Å². The first-order valence-electron chi connectivity index (χ1n) is 9.92. The van der Waals surface area contributed by atoms with Gasteiger partial charge in [-0.1, -0.05) is 27.7 Å². The van der Waals surface area contributed by atoms with Crippen LogP contribution < -0.4 is 5.32 Å². The van der Waals surface area contributed by atoms with Gasteiger partial charge in [-0.15, -0.1) is 0 Å². The number of rotatable bonds is 5. The topological polar surface area (TPSA) is 62.6 Å². The molecule has 2 aliphatic carbocycles. The Bertz CT molecular complexity index is 725. The number of hydrogen-bond acceptors (Lipinski definition) is 3. The lowest BCUT2D eigenvalue weighted by Crippen LogP contribution is -2.48. The van der Waals surface area contributed by atoms with Crippen molar-refractivity contribution < 1.29 is 14.0 Å². The molecular weight excluding hydrogens is 328 g/mol. The molecule has 0 aromatic carbocycles. The molecule has 0 spiro atoms. The summed E-state index contributed by atoms with van der Waals surface area (Å²) in [7, 11) is 0. The van der Waals surface area contributed by atoms with Gasteiger partial charge in [-0.05, 0) is 43.6 Å². The highest BCUT2D eigenvalue weighted by atomic mass is 16.3. The quantitative estimate of drug-likeness (QED) is 0.875. The summed E-state index contributed by atoms with van der Waals surface area (Å²) in [5.74, 6) is 1.47. The summed E-state index contributed by atoms with van der Waals surface area (Å²) < 4.78 is 5.54. The van der Waals surface area contributed by atoms with Gasteiger partial charge in [0.25, 0.3) is 5.91 Å². The molecule has 4 rings (SSSR count). The molecule has 0 radical (unpaired) electrons. The third-order valence-electron chi connectivity index (χ3n) is 6.79. The summed E-state index contributed by atoms with van der Waals surface area (Å²) in [6, 6.07) is 1.92. The first-order chi connectivity index (χ1) is 12.2. The highest BCUT2D eigenvalue weighted by Gasteiger charge is 2.54. The van der Waals surface area contributed by atoms with Gasteiger partial charge in [0.1, 0.15) is 0 Å². The Kier molecular flexibility index (Phi) is 3.97. The first kappa shape index (κ1) is 17.6. The summed E-state index contributed by atoms with van der Waals surface area (Å²) in [4.78, 5) is 27.7. The lowest BCUT2D eigenvalue weighted by Gasteiger charge is -2.29. The molecule has 1 saturated heterocycles. The number of nitrogens with one attached hydrogen (secondary N) is 1. The second-order valence-electron chi connectivity index (χ2n) is 9.49. The molecule has 3 fully saturated rings. The van der Waals surface area contributed by atoms with E-state index in [-0.39, 0.29) is 28.7 Å². The highest BCUT2D eigenvalue weighted by molar-refractivity contribution is 5.93. The second kappa shape index (κ2) is 5.86. The lowest BCUT2D eigenvalue weighted by molar-refractivity contribution is -0.129. The molecule has 5 nitrogen and oxygen atoms in total. The molecule has 2 heterocycles. The van der Waals surface area contributed by atoms with E-state index in [1.807, 2.05) is 11.0 Å². The number of carbonyl (C=O) groups is 2. The van der Waals surface area contributed by atoms with E-state index in [0.717, 1.165) is 31.2 Å². The smallest absolute Gasteiger partial charge is 0.289 e. The van der Waals surface area contributed by atoms with E-state index in [9.17, 15) is 9.59 Å². The van der Waals surface area contributed by atoms with Crippen molar-refractivity contribution in [2.45, 2.75) is 65.3 Å². The van der Waals surface area contributed by atoms with Crippen molar-refractivity contribution in [2.75, 3.05) is 13.1 Å². The molecule has 2 saturated carbocycles. The lowest BCUT2D eigenvalue weighted by atomic mass is 9.86. The fraction of sp³-hybridized carbons (Fsp3) is 0.714. The summed E-state index contributed by atoms with van der Waals surface area (Å²) in [5.41, 5.74) is 0.718. The second-order valence-corrected chi connectivity index (χ2v) is 9.49. The number of hydrogen-bond donors (Lipinski definition) is 1. The van der Waals surface area contributed by atoms with Crippen molar-refractivity contribution in [3.8, 4) is 0 Å². The third kappa shape index (κ3) is 2.85. The van der Waals surface area contributed by atoms with Gasteiger partial charge in [0.05, 0.1) is 17.7 Å². The van der Waals surface area contributed by atoms with Crippen LogP contribution in [0.5, 0.6) is 0 Å². The van der Waals surface area contributed by atoms with E-state index in [0.29, 0.717) is 30.7 Å². The zero-order valence-electron chi connectivity index (χ0n) is 16.3. The fourth-order valence-electron chi connectivity index (χ4n) is 4.39. The first-order valence-corrected chi connectivity index (χ1v) is 9.92. The van der Waals surface area contributed by atoms with Crippen LogP contribution in [0.4, 0.5) is 0 Å². The average molecular weight is 358 g/mol. The molecule has 1 unspecified atom stereocenters. The van der Waals surface area contributed by atoms with Crippen LogP contribution >= 0.6 is 0 Å². The summed E-state index contributed by atoms with van der Waals surface area (Å²) in [6.45, 7) is 9.69. The average Bonchev–Trinajstić information content (AvgIpc) is 3.49. The minimum Gasteiger partial charge on any atom is -0.459 e. The van der Waals surface area contributed by atoms with E-state index >= 15 is 0 Å². The highest BCUT2D eigenvalue weighted by Crippen LogP contribution is 2.52. The third-order valence-corrected chi connectivity index (χ3v) is 6.79. The Hall–Kier alpha value is -1.78. The van der Waals surface area contributed by atoms with Crippen LogP contribution in [0.15, 0.2) is 16.7 Å². The predicted molar refractivity (Wildman–Crippen MR) is 98.8 cm³/mol. The Morgan fingerprint density at radius 2 is 1.96 bits per heavy atom. The van der Waals surface area contributed by atoms with Gasteiger partial charge in [-0.3, -0.25) is 9.59 Å². The van der Waals surface area contributed by atoms with Crippen molar-refractivity contribution >= 4 is 11.8 Å². The van der Waals surface area contributed by atoms with Crippen molar-refractivity contribution in [3.05, 3.63) is 23.7 Å². The number of amides is 2. The number of furan rings is 1. The molecule has 1 atom stereocenters. The molecule has 2 amide bonds. The molecule has 5 heteroatoms. The molecule has 0 bridgehead atoms. The predicted octanol–water partition coefficient (Wildman–Crippen LogP) is 3.56. The van der Waals surface area contributed by atoms with Gasteiger partial charge < -0.3 is 14.6 Å². The molecule has 3 aliphatic rings. The van der Waals surface area contributed by atoms with Crippen molar-refractivity contribution in [2.24, 2.45) is 16.7 Å². The van der Waals surface area contributed by atoms with Crippen LogP contribution in [0.25, 0.3) is 0 Å². The van der Waals surface area contributed by atoms with Crippen LogP contribution in [0.1, 0.15) is 75.4 Å². The van der Waals surface area contributed by atoms with Crippen LogP contribution in [-0.4, -0.2) is 35.8 Å². The molecule has 142 valence electrons. The van der Waals surface area contributed by atoms with Gasteiger partial charge in [-0.2, -0.15) is 0 Å². The Balaban J connectivity index is 1.46. The van der Waals surface area contributed by atoms with Crippen molar-refractivity contribution in [1.82, 2.24) is 10.2 Å². The maximum absolute atomic E-state index is 13.0. The maximum atomic E-state index is 13.0. The minimum absolute atomic E-state index is 0.0190. The number of carbonyl (C=O) groups excluding carboxylic acids is 2. The Morgan fingerprint density at radius 1 is 1.27 bits per heavy atom. The minimum atomic E-state index is -0.187. The van der Waals surface area contributed by atoms with Crippen molar-refractivity contribution in [3.63, 3.8) is 0 Å². The van der Waals surface area contributed by atoms with E-state index in [1.54, 1.807) is 6.26 Å². The van der Waals surface area contributed by atoms with E-state index < -0.39 is 0 Å². The zero-order chi connectivity index (χ0) is 18.7. The normalized spacial score (nSPS) is 26.2. The van der Waals surface area contributed by atoms with Crippen molar-refractivity contribution in [1.29, 1.82) is 0 Å². The van der Waals surface area contributed by atoms with E-state index in [4.69, 9.17) is 4.42 Å². The molecule has 26 heavy (non-hydrogen) atoms. The SMILES string of the molecule is CC(C)C1(C(=O)NC2CN(C(=O)c3occc3C3CC3)CC2(C)C)CC1. The largest absolute Gasteiger partial charge is 0.459 e. The number of nitrogens with zero attached hydrogens (tertiary/aromatic N) is 1. The van der Waals surface area contributed by atoms with Gasteiger partial charge in [0.15, 0.2) is 5.76 Å². The Labute approximate surface area is 155 Å². The van der Waals surface area contributed by atoms with Gasteiger partial charge >= 0.3 is 0 Å². The van der Waals surface area contributed by atoms with Crippen LogP contribution in [-0.2, 0) is 4.79 Å². The molecule has 1 aromatic rings. The standard InChI is InChI=1S/C21H30N2O3/c1-13(2)21(8-9-21)19(25)22-16-11-23(12-20(16,3)4)18(24)17-15(7-10-26-17)14-5-6-14/h7,10,13-14,16H,5-6,8-9,11-12H2,1-4H3,(H,22,25). The molecule has 1 N–H and O–H groups in total. The number of likely N-dealkylation sites (tertiary alicyclic amines) is 1. The summed E-state index contributed by atoms with van der Waals surface area (Å²) in [5, 5.41) is 3.27. The maximum Gasteiger partial charge on any atom is 0.289 e. The molecule has 1 aromatic heterocycles. The zero-order valence-corrected chi connectivity index (χ0v) is 16.3. The van der Waals surface area contributed by atoms with Gasteiger partial charge in [0, 0.05) is 24.1 Å². The molecular formula is C21H30N2O3. The summed E-state index contributed by atoms with van der Waals surface area (Å²) >= 11 is 0. The van der Waals surface area contributed by atoms with Crippen LogP contribution in [0.3, 0.4) is 0 Å². The van der Waals surface area contributed by atoms with Gasteiger partial charge in [0.2, 0.25) is 5.91 Å². The van der Waals surface area contributed by atoms with Gasteiger partial charge in [-0.25, -0.2) is 0 Å².